The molecule has 9 heteroatoms. The van der Waals surface area contributed by atoms with Crippen molar-refractivity contribution >= 4 is 5.91 Å². The minimum absolute atomic E-state index is 0.181. The molecule has 0 bridgehead atoms. The van der Waals surface area contributed by atoms with E-state index in [1.165, 1.54) is 186 Å². The van der Waals surface area contributed by atoms with Crippen LogP contribution < -0.4 is 5.32 Å². The van der Waals surface area contributed by atoms with Crippen molar-refractivity contribution in [3.8, 4) is 0 Å². The zero-order chi connectivity index (χ0) is 43.0. The van der Waals surface area contributed by atoms with Crippen molar-refractivity contribution in [2.24, 2.45) is 0 Å². The molecule has 0 spiro atoms. The number of aliphatic hydroxyl groups excluding tert-OH is 5. The Morgan fingerprint density at radius 1 is 0.559 bits per heavy atom. The lowest BCUT2D eigenvalue weighted by atomic mass is 9.99. The Morgan fingerprint density at radius 3 is 1.31 bits per heavy atom. The average molecular weight is 840 g/mol. The van der Waals surface area contributed by atoms with Crippen molar-refractivity contribution in [3.05, 3.63) is 12.2 Å². The maximum atomic E-state index is 12.8. The van der Waals surface area contributed by atoms with Gasteiger partial charge in [0.25, 0.3) is 0 Å². The number of aliphatic hydroxyl groups is 5. The van der Waals surface area contributed by atoms with E-state index in [0.717, 1.165) is 38.5 Å². The van der Waals surface area contributed by atoms with Gasteiger partial charge in [-0.3, -0.25) is 4.79 Å². The van der Waals surface area contributed by atoms with Gasteiger partial charge in [0, 0.05) is 6.42 Å². The molecule has 6 N–H and O–H groups in total. The minimum atomic E-state index is -1.56. The Hall–Kier alpha value is -1.07. The fourth-order valence-corrected chi connectivity index (χ4v) is 8.26. The van der Waals surface area contributed by atoms with Gasteiger partial charge in [0.2, 0.25) is 5.91 Å². The molecule has 0 aromatic rings. The van der Waals surface area contributed by atoms with Crippen LogP contribution in [-0.2, 0) is 14.3 Å². The van der Waals surface area contributed by atoms with Crippen molar-refractivity contribution in [2.45, 2.75) is 288 Å². The number of amides is 1. The molecule has 0 aromatic carbocycles. The first-order valence-electron chi connectivity index (χ1n) is 25.4. The van der Waals surface area contributed by atoms with E-state index in [1.54, 1.807) is 6.08 Å². The largest absolute Gasteiger partial charge is 0.394 e. The quantitative estimate of drug-likeness (QED) is 0.0263. The van der Waals surface area contributed by atoms with Crippen LogP contribution in [0.3, 0.4) is 0 Å². The lowest BCUT2D eigenvalue weighted by molar-refractivity contribution is -0.302. The molecule has 0 radical (unpaired) electrons. The molecule has 1 rings (SSSR count). The Morgan fingerprint density at radius 2 is 0.932 bits per heavy atom. The molecule has 1 fully saturated rings. The average Bonchev–Trinajstić information content (AvgIpc) is 3.23. The van der Waals surface area contributed by atoms with Gasteiger partial charge < -0.3 is 40.3 Å². The molecule has 1 saturated heterocycles. The highest BCUT2D eigenvalue weighted by Crippen LogP contribution is 2.23. The summed E-state index contributed by atoms with van der Waals surface area (Å²) in [4.78, 5) is 12.8. The highest BCUT2D eigenvalue weighted by atomic mass is 16.7. The normalized spacial score (nSPS) is 20.7. The van der Waals surface area contributed by atoms with Crippen molar-refractivity contribution in [2.75, 3.05) is 13.2 Å². The lowest BCUT2D eigenvalue weighted by Crippen LogP contribution is -2.60. The Bertz CT molecular complexity index is 935. The molecular weight excluding hydrogens is 743 g/mol. The van der Waals surface area contributed by atoms with Gasteiger partial charge in [-0.05, 0) is 12.8 Å². The predicted octanol–water partition coefficient (Wildman–Crippen LogP) is 11.3. The topological polar surface area (TPSA) is 149 Å². The number of ether oxygens (including phenoxy) is 2. The Labute approximate surface area is 363 Å². The fourth-order valence-electron chi connectivity index (χ4n) is 8.26. The molecule has 1 amide bonds. The lowest BCUT2D eigenvalue weighted by Gasteiger charge is -2.40. The molecule has 0 aromatic heterocycles. The molecule has 0 aliphatic carbocycles. The number of allylic oxidation sites excluding steroid dienone is 1. The van der Waals surface area contributed by atoms with Crippen LogP contribution in [0.5, 0.6) is 0 Å². The summed E-state index contributed by atoms with van der Waals surface area (Å²) >= 11 is 0. The van der Waals surface area contributed by atoms with Crippen molar-refractivity contribution in [1.82, 2.24) is 5.32 Å². The smallest absolute Gasteiger partial charge is 0.220 e. The first-order valence-corrected chi connectivity index (χ1v) is 25.4. The van der Waals surface area contributed by atoms with E-state index in [4.69, 9.17) is 9.47 Å². The van der Waals surface area contributed by atoms with E-state index in [-0.39, 0.29) is 12.5 Å². The van der Waals surface area contributed by atoms with E-state index in [9.17, 15) is 30.3 Å². The number of nitrogens with one attached hydrogen (secondary N) is 1. The molecular formula is C50H97NO8. The Balaban J connectivity index is 1.96. The van der Waals surface area contributed by atoms with Crippen LogP contribution in [0.4, 0.5) is 0 Å². The van der Waals surface area contributed by atoms with Crippen LogP contribution in [0.1, 0.15) is 245 Å². The van der Waals surface area contributed by atoms with Gasteiger partial charge in [0.15, 0.2) is 6.29 Å². The van der Waals surface area contributed by atoms with Crippen LogP contribution in [0.25, 0.3) is 0 Å². The van der Waals surface area contributed by atoms with E-state index in [1.807, 2.05) is 6.08 Å². The molecule has 1 aliphatic heterocycles. The van der Waals surface area contributed by atoms with E-state index in [2.05, 4.69) is 19.2 Å². The third-order valence-corrected chi connectivity index (χ3v) is 12.4. The maximum Gasteiger partial charge on any atom is 0.220 e. The van der Waals surface area contributed by atoms with E-state index in [0.29, 0.717) is 6.42 Å². The maximum absolute atomic E-state index is 12.8. The summed E-state index contributed by atoms with van der Waals surface area (Å²) in [5.41, 5.74) is 0. The molecule has 350 valence electrons. The van der Waals surface area contributed by atoms with Gasteiger partial charge in [-0.2, -0.15) is 0 Å². The summed E-state index contributed by atoms with van der Waals surface area (Å²) in [6.45, 7) is 3.64. The van der Waals surface area contributed by atoms with Gasteiger partial charge in [0.05, 0.1) is 25.4 Å². The van der Waals surface area contributed by atoms with Crippen molar-refractivity contribution in [1.29, 1.82) is 0 Å². The van der Waals surface area contributed by atoms with Crippen LogP contribution in [-0.4, -0.2) is 87.5 Å². The van der Waals surface area contributed by atoms with E-state index >= 15 is 0 Å². The SMILES string of the molecule is CCCC/C=C/C(O)C(COC1OC(CO)C(O)C(O)C1O)NC(=O)CCCCCCCCCCCCCCCCCCCCCCCCCCCCCCCCCC. The fraction of sp³-hybridized carbons (Fsp3) is 0.940. The summed E-state index contributed by atoms with van der Waals surface area (Å²) in [6.07, 6.45) is 42.3. The number of hydrogen-bond donors (Lipinski definition) is 6. The number of carbonyl (C=O) groups excluding carboxylic acids is 1. The van der Waals surface area contributed by atoms with Gasteiger partial charge in [-0.1, -0.05) is 238 Å². The summed E-state index contributed by atoms with van der Waals surface area (Å²) in [5.74, 6) is -0.181. The van der Waals surface area contributed by atoms with Gasteiger partial charge in [-0.25, -0.2) is 0 Å². The Kier molecular flexibility index (Phi) is 38.9. The summed E-state index contributed by atoms with van der Waals surface area (Å²) in [6, 6.07) is -0.795. The molecule has 1 aliphatic rings. The molecule has 0 saturated carbocycles. The minimum Gasteiger partial charge on any atom is -0.394 e. The van der Waals surface area contributed by atoms with Gasteiger partial charge in [-0.15, -0.1) is 0 Å². The first-order chi connectivity index (χ1) is 28.8. The van der Waals surface area contributed by atoms with Crippen LogP contribution in [0, 0.1) is 0 Å². The second kappa shape index (κ2) is 41.0. The van der Waals surface area contributed by atoms with Gasteiger partial charge >= 0.3 is 0 Å². The number of carbonyl (C=O) groups is 1. The van der Waals surface area contributed by atoms with Gasteiger partial charge in [0.1, 0.15) is 24.4 Å². The zero-order valence-electron chi connectivity index (χ0n) is 38.5. The number of unbranched alkanes of at least 4 members (excludes halogenated alkanes) is 33. The zero-order valence-corrected chi connectivity index (χ0v) is 38.5. The summed E-state index contributed by atoms with van der Waals surface area (Å²) in [7, 11) is 0. The van der Waals surface area contributed by atoms with E-state index < -0.39 is 49.5 Å². The number of hydrogen-bond acceptors (Lipinski definition) is 8. The second-order valence-corrected chi connectivity index (χ2v) is 18.0. The first kappa shape index (κ1) is 55.9. The van der Waals surface area contributed by atoms with Crippen LogP contribution in [0.2, 0.25) is 0 Å². The number of rotatable bonds is 43. The van der Waals surface area contributed by atoms with Crippen LogP contribution in [0.15, 0.2) is 12.2 Å². The van der Waals surface area contributed by atoms with Crippen LogP contribution >= 0.6 is 0 Å². The molecule has 7 atom stereocenters. The highest BCUT2D eigenvalue weighted by Gasteiger charge is 2.44. The van der Waals surface area contributed by atoms with Crippen molar-refractivity contribution in [3.63, 3.8) is 0 Å². The second-order valence-electron chi connectivity index (χ2n) is 18.0. The summed E-state index contributed by atoms with van der Waals surface area (Å²) < 4.78 is 11.1. The summed E-state index contributed by atoms with van der Waals surface area (Å²) in [5, 5.41) is 53.6. The molecule has 9 nitrogen and oxygen atoms in total. The predicted molar refractivity (Wildman–Crippen MR) is 244 cm³/mol. The highest BCUT2D eigenvalue weighted by molar-refractivity contribution is 5.76. The standard InChI is InChI=1S/C50H97NO8/c1-3-5-7-9-10-11-12-13-14-15-16-17-18-19-20-21-22-23-24-25-26-27-28-29-30-31-32-33-34-35-36-38-40-46(54)51-43(44(53)39-37-8-6-4-2)42-58-50-49(57)48(56)47(55)45(41-52)59-50/h37,39,43-45,47-50,52-53,55-57H,3-36,38,40-42H2,1-2H3,(H,51,54)/b39-37+. The van der Waals surface area contributed by atoms with Crippen molar-refractivity contribution < 1.29 is 39.8 Å². The molecule has 7 unspecified atom stereocenters. The third-order valence-electron chi connectivity index (χ3n) is 12.4. The third kappa shape index (κ3) is 31.4. The molecule has 59 heavy (non-hydrogen) atoms. The monoisotopic (exact) mass is 840 g/mol. The molecule has 1 heterocycles.